The number of rotatable bonds is 4. The molecule has 1 unspecified atom stereocenters. The molecular formula is C17H19FO2. The molecule has 0 amide bonds. The van der Waals surface area contributed by atoms with Crippen molar-refractivity contribution in [2.75, 3.05) is 7.11 Å². The Morgan fingerprint density at radius 3 is 2.25 bits per heavy atom. The lowest BCUT2D eigenvalue weighted by atomic mass is 9.95. The van der Waals surface area contributed by atoms with E-state index in [9.17, 15) is 9.50 Å². The van der Waals surface area contributed by atoms with Crippen LogP contribution in [-0.4, -0.2) is 12.2 Å². The minimum atomic E-state index is -0.528. The zero-order chi connectivity index (χ0) is 14.7. The first-order valence-electron chi connectivity index (χ1n) is 6.65. The molecule has 0 heterocycles. The molecule has 0 bridgehead atoms. The molecule has 0 saturated heterocycles. The molecule has 1 N–H and O–H groups in total. The molecular weight excluding hydrogens is 255 g/mol. The van der Waals surface area contributed by atoms with Gasteiger partial charge in [0, 0.05) is 5.56 Å². The molecule has 20 heavy (non-hydrogen) atoms. The molecule has 2 nitrogen and oxygen atoms in total. The summed E-state index contributed by atoms with van der Waals surface area (Å²) in [6.45, 7) is 3.93. The average molecular weight is 274 g/mol. The van der Waals surface area contributed by atoms with Crippen molar-refractivity contribution in [1.82, 2.24) is 0 Å². The molecule has 3 heteroatoms. The Bertz CT molecular complexity index is 576. The number of hydrogen-bond donors (Lipinski definition) is 1. The van der Waals surface area contributed by atoms with Crippen molar-refractivity contribution in [1.29, 1.82) is 0 Å². The maximum Gasteiger partial charge on any atom is 0.126 e. The Labute approximate surface area is 118 Å². The van der Waals surface area contributed by atoms with Crippen molar-refractivity contribution in [3.05, 3.63) is 53.8 Å². The molecule has 0 aliphatic rings. The van der Waals surface area contributed by atoms with Crippen LogP contribution in [0.15, 0.2) is 42.5 Å². The van der Waals surface area contributed by atoms with Crippen LogP contribution < -0.4 is 4.74 Å². The molecule has 0 radical (unpaired) electrons. The molecule has 2 aromatic carbocycles. The highest BCUT2D eigenvalue weighted by Crippen LogP contribution is 2.34. The van der Waals surface area contributed by atoms with E-state index in [1.54, 1.807) is 19.2 Å². The second-order valence-corrected chi connectivity index (χ2v) is 5.16. The minimum absolute atomic E-state index is 0.129. The van der Waals surface area contributed by atoms with Gasteiger partial charge >= 0.3 is 0 Å². The van der Waals surface area contributed by atoms with E-state index < -0.39 is 6.10 Å². The summed E-state index contributed by atoms with van der Waals surface area (Å²) in [6, 6.07) is 11.8. The molecule has 0 aliphatic carbocycles. The second kappa shape index (κ2) is 6.06. The Morgan fingerprint density at radius 2 is 1.70 bits per heavy atom. The summed E-state index contributed by atoms with van der Waals surface area (Å²) < 4.78 is 18.4. The fourth-order valence-electron chi connectivity index (χ4n) is 2.15. The van der Waals surface area contributed by atoms with Gasteiger partial charge in [0.05, 0.1) is 13.2 Å². The van der Waals surface area contributed by atoms with Gasteiger partial charge < -0.3 is 9.84 Å². The third-order valence-corrected chi connectivity index (χ3v) is 3.35. The maximum atomic E-state index is 13.0. The van der Waals surface area contributed by atoms with Gasteiger partial charge in [-0.15, -0.1) is 0 Å². The number of aliphatic hydroxyl groups excluding tert-OH is 1. The predicted molar refractivity (Wildman–Crippen MR) is 78.2 cm³/mol. The summed E-state index contributed by atoms with van der Waals surface area (Å²) in [7, 11) is 1.60. The number of halogens is 1. The third kappa shape index (κ3) is 2.99. The summed E-state index contributed by atoms with van der Waals surface area (Å²) >= 11 is 0. The minimum Gasteiger partial charge on any atom is -0.496 e. The Kier molecular flexibility index (Phi) is 4.40. The van der Waals surface area contributed by atoms with Crippen LogP contribution in [-0.2, 0) is 0 Å². The standard InChI is InChI=1S/C17H19FO2/c1-11(2)17(19)13-6-9-16(20-3)15(10-13)12-4-7-14(18)8-5-12/h4-11,17,19H,1-3H3. The van der Waals surface area contributed by atoms with E-state index >= 15 is 0 Å². The maximum absolute atomic E-state index is 13.0. The Hall–Kier alpha value is -1.87. The van der Waals surface area contributed by atoms with Crippen molar-refractivity contribution in [3.63, 3.8) is 0 Å². The van der Waals surface area contributed by atoms with Crippen LogP contribution in [0.1, 0.15) is 25.5 Å². The van der Waals surface area contributed by atoms with Gasteiger partial charge in [-0.2, -0.15) is 0 Å². The van der Waals surface area contributed by atoms with Crippen molar-refractivity contribution in [2.24, 2.45) is 5.92 Å². The van der Waals surface area contributed by atoms with E-state index in [2.05, 4.69) is 0 Å². The van der Waals surface area contributed by atoms with E-state index in [4.69, 9.17) is 4.74 Å². The van der Waals surface area contributed by atoms with Gasteiger partial charge in [0.2, 0.25) is 0 Å². The largest absolute Gasteiger partial charge is 0.496 e. The summed E-state index contributed by atoms with van der Waals surface area (Å²) in [6.07, 6.45) is -0.528. The molecule has 2 rings (SSSR count). The predicted octanol–water partition coefficient (Wildman–Crippen LogP) is 4.19. The topological polar surface area (TPSA) is 29.5 Å². The van der Waals surface area contributed by atoms with Crippen molar-refractivity contribution in [2.45, 2.75) is 20.0 Å². The van der Waals surface area contributed by atoms with E-state index in [-0.39, 0.29) is 11.7 Å². The zero-order valence-corrected chi connectivity index (χ0v) is 11.9. The van der Waals surface area contributed by atoms with Crippen LogP contribution in [0.4, 0.5) is 4.39 Å². The smallest absolute Gasteiger partial charge is 0.126 e. The fraction of sp³-hybridized carbons (Fsp3) is 0.294. The Morgan fingerprint density at radius 1 is 1.05 bits per heavy atom. The molecule has 0 aliphatic heterocycles. The normalized spacial score (nSPS) is 12.5. The van der Waals surface area contributed by atoms with E-state index in [1.807, 2.05) is 32.0 Å². The van der Waals surface area contributed by atoms with Gasteiger partial charge in [-0.05, 0) is 41.3 Å². The third-order valence-electron chi connectivity index (χ3n) is 3.35. The molecule has 0 spiro atoms. The molecule has 0 aromatic heterocycles. The highest BCUT2D eigenvalue weighted by molar-refractivity contribution is 5.71. The molecule has 2 aromatic rings. The van der Waals surface area contributed by atoms with E-state index in [1.165, 1.54) is 12.1 Å². The van der Waals surface area contributed by atoms with Crippen LogP contribution in [0, 0.1) is 11.7 Å². The van der Waals surface area contributed by atoms with Crippen molar-refractivity contribution in [3.8, 4) is 16.9 Å². The zero-order valence-electron chi connectivity index (χ0n) is 11.9. The summed E-state index contributed by atoms with van der Waals surface area (Å²) in [5.41, 5.74) is 2.55. The first-order chi connectivity index (χ1) is 9.52. The Balaban J connectivity index is 2.49. The van der Waals surface area contributed by atoms with Crippen LogP contribution >= 0.6 is 0 Å². The number of hydrogen-bond acceptors (Lipinski definition) is 2. The molecule has 106 valence electrons. The SMILES string of the molecule is COc1ccc(C(O)C(C)C)cc1-c1ccc(F)cc1. The number of benzene rings is 2. The van der Waals surface area contributed by atoms with Gasteiger partial charge in [0.1, 0.15) is 11.6 Å². The average Bonchev–Trinajstić information content (AvgIpc) is 2.46. The van der Waals surface area contributed by atoms with Crippen LogP contribution in [0.2, 0.25) is 0 Å². The molecule has 0 saturated carbocycles. The lowest BCUT2D eigenvalue weighted by Crippen LogP contribution is -2.05. The summed E-state index contributed by atoms with van der Waals surface area (Å²) in [5, 5.41) is 10.2. The number of aliphatic hydroxyl groups is 1. The highest BCUT2D eigenvalue weighted by Gasteiger charge is 2.15. The lowest BCUT2D eigenvalue weighted by molar-refractivity contribution is 0.127. The van der Waals surface area contributed by atoms with Crippen LogP contribution in [0.5, 0.6) is 5.75 Å². The first-order valence-corrected chi connectivity index (χ1v) is 6.65. The van der Waals surface area contributed by atoms with Gasteiger partial charge in [-0.1, -0.05) is 32.0 Å². The fourth-order valence-corrected chi connectivity index (χ4v) is 2.15. The van der Waals surface area contributed by atoms with Gasteiger partial charge in [-0.3, -0.25) is 0 Å². The number of ether oxygens (including phenoxy) is 1. The monoisotopic (exact) mass is 274 g/mol. The van der Waals surface area contributed by atoms with Gasteiger partial charge in [-0.25, -0.2) is 4.39 Å². The second-order valence-electron chi connectivity index (χ2n) is 5.16. The van der Waals surface area contributed by atoms with Crippen molar-refractivity contribution >= 4 is 0 Å². The molecule has 0 fully saturated rings. The first kappa shape index (κ1) is 14.5. The highest BCUT2D eigenvalue weighted by atomic mass is 19.1. The van der Waals surface area contributed by atoms with E-state index in [0.29, 0.717) is 5.75 Å². The lowest BCUT2D eigenvalue weighted by Gasteiger charge is -2.17. The van der Waals surface area contributed by atoms with Gasteiger partial charge in [0.15, 0.2) is 0 Å². The summed E-state index contributed by atoms with van der Waals surface area (Å²) in [4.78, 5) is 0. The van der Waals surface area contributed by atoms with E-state index in [0.717, 1.165) is 16.7 Å². The van der Waals surface area contributed by atoms with Crippen molar-refractivity contribution < 1.29 is 14.2 Å². The molecule has 1 atom stereocenters. The number of methoxy groups -OCH3 is 1. The van der Waals surface area contributed by atoms with Crippen LogP contribution in [0.3, 0.4) is 0 Å². The quantitative estimate of drug-likeness (QED) is 0.905. The van der Waals surface area contributed by atoms with Crippen LogP contribution in [0.25, 0.3) is 11.1 Å². The summed E-state index contributed by atoms with van der Waals surface area (Å²) in [5.74, 6) is 0.562. The van der Waals surface area contributed by atoms with Gasteiger partial charge in [0.25, 0.3) is 0 Å².